The fourth-order valence-electron chi connectivity index (χ4n) is 3.24. The summed E-state index contributed by atoms with van der Waals surface area (Å²) in [5, 5.41) is 12.7. The van der Waals surface area contributed by atoms with Crippen molar-refractivity contribution in [2.45, 2.75) is 6.04 Å². The van der Waals surface area contributed by atoms with Gasteiger partial charge in [-0.25, -0.2) is 5.01 Å². The van der Waals surface area contributed by atoms with Gasteiger partial charge in [0.25, 0.3) is 11.6 Å². The van der Waals surface area contributed by atoms with Gasteiger partial charge in [-0.3, -0.25) is 20.3 Å². The van der Waals surface area contributed by atoms with Crippen LogP contribution in [0.15, 0.2) is 84.9 Å². The maximum atomic E-state index is 13.3. The average molecular weight is 406 g/mol. The molecule has 1 aliphatic rings. The van der Waals surface area contributed by atoms with Gasteiger partial charge in [-0.15, -0.1) is 0 Å². The molecule has 6 nitrogen and oxygen atoms in total. The number of rotatable bonds is 4. The van der Waals surface area contributed by atoms with Gasteiger partial charge in [-0.2, -0.15) is 0 Å². The summed E-state index contributed by atoms with van der Waals surface area (Å²) >= 11 is 6.21. The van der Waals surface area contributed by atoms with Crippen molar-refractivity contribution in [2.75, 3.05) is 0 Å². The van der Waals surface area contributed by atoms with Gasteiger partial charge < -0.3 is 0 Å². The molecule has 3 aromatic carbocycles. The molecule has 4 rings (SSSR count). The molecule has 0 saturated carbocycles. The molecule has 0 bridgehead atoms. The third-order valence-corrected chi connectivity index (χ3v) is 5.01. The summed E-state index contributed by atoms with van der Waals surface area (Å²) in [4.78, 5) is 23.9. The molecule has 0 aliphatic carbocycles. The molecule has 0 fully saturated rings. The van der Waals surface area contributed by atoms with Crippen LogP contribution in [0.5, 0.6) is 0 Å². The molecule has 0 saturated heterocycles. The van der Waals surface area contributed by atoms with Crippen molar-refractivity contribution in [1.82, 2.24) is 10.4 Å². The molecular weight excluding hydrogens is 390 g/mol. The van der Waals surface area contributed by atoms with E-state index >= 15 is 0 Å². The van der Waals surface area contributed by atoms with Crippen molar-refractivity contribution >= 4 is 28.9 Å². The third-order valence-electron chi connectivity index (χ3n) is 4.68. The number of carbonyl (C=O) groups is 1. The second kappa shape index (κ2) is 7.77. The first-order chi connectivity index (χ1) is 14.0. The lowest BCUT2D eigenvalue weighted by molar-refractivity contribution is -0.384. The number of hydrogen-bond acceptors (Lipinski definition) is 4. The number of amides is 1. The van der Waals surface area contributed by atoms with Gasteiger partial charge >= 0.3 is 0 Å². The Kier molecular flexibility index (Phi) is 5.01. The van der Waals surface area contributed by atoms with Crippen LogP contribution in [-0.2, 0) is 0 Å². The molecule has 0 unspecified atom stereocenters. The van der Waals surface area contributed by atoms with Gasteiger partial charge in [0.1, 0.15) is 0 Å². The van der Waals surface area contributed by atoms with Crippen LogP contribution in [0, 0.1) is 10.1 Å². The number of nitrogens with one attached hydrogen (secondary N) is 1. The highest BCUT2D eigenvalue weighted by atomic mass is 35.5. The molecule has 3 aromatic rings. The Balaban J connectivity index is 1.75. The van der Waals surface area contributed by atoms with Gasteiger partial charge in [0.05, 0.1) is 27.2 Å². The molecule has 1 aliphatic heterocycles. The topological polar surface area (TPSA) is 75.5 Å². The number of halogens is 1. The number of hydrazine groups is 1. The number of hydrogen-bond donors (Lipinski definition) is 1. The average Bonchev–Trinajstić information content (AvgIpc) is 3.20. The predicted octanol–water partition coefficient (Wildman–Crippen LogP) is 4.99. The highest BCUT2D eigenvalue weighted by molar-refractivity contribution is 6.34. The van der Waals surface area contributed by atoms with Crippen LogP contribution in [0.2, 0.25) is 5.02 Å². The summed E-state index contributed by atoms with van der Waals surface area (Å²) in [5.41, 5.74) is 5.62. The van der Waals surface area contributed by atoms with Gasteiger partial charge in [-0.05, 0) is 23.3 Å². The van der Waals surface area contributed by atoms with Gasteiger partial charge in [0.15, 0.2) is 0 Å². The third kappa shape index (κ3) is 3.70. The van der Waals surface area contributed by atoms with Crippen LogP contribution in [-0.4, -0.2) is 15.8 Å². The summed E-state index contributed by atoms with van der Waals surface area (Å²) in [6.45, 7) is 0. The first kappa shape index (κ1) is 18.7. The number of carbonyl (C=O) groups excluding carboxylic acids is 1. The Morgan fingerprint density at radius 1 is 1.00 bits per heavy atom. The Labute approximate surface area is 172 Å². The van der Waals surface area contributed by atoms with E-state index in [1.807, 2.05) is 66.7 Å². The summed E-state index contributed by atoms with van der Waals surface area (Å²) in [5.74, 6) is -0.449. The van der Waals surface area contributed by atoms with E-state index in [1.165, 1.54) is 23.2 Å². The molecular formula is C22H16ClN3O3. The minimum atomic E-state index is -0.549. The molecule has 7 heteroatoms. The standard InChI is InChI=1S/C22H16ClN3O3/c23-19-12-11-17(26(28)29)13-18(19)22(27)25-21(16-9-5-2-6-10-16)14-20(24-25)15-7-3-1-4-8-15/h1-14,21,24H/t21-/m0/s1. The monoisotopic (exact) mass is 405 g/mol. The molecule has 1 amide bonds. The summed E-state index contributed by atoms with van der Waals surface area (Å²) < 4.78 is 0. The van der Waals surface area contributed by atoms with Gasteiger partial charge in [0.2, 0.25) is 0 Å². The van der Waals surface area contributed by atoms with E-state index < -0.39 is 16.9 Å². The maximum absolute atomic E-state index is 13.3. The van der Waals surface area contributed by atoms with Crippen molar-refractivity contribution < 1.29 is 9.72 Å². The molecule has 1 N–H and O–H groups in total. The number of nitro benzene ring substituents is 1. The largest absolute Gasteiger partial charge is 0.295 e. The molecule has 0 radical (unpaired) electrons. The van der Waals surface area contributed by atoms with E-state index in [9.17, 15) is 14.9 Å². The van der Waals surface area contributed by atoms with E-state index in [4.69, 9.17) is 11.6 Å². The fraction of sp³-hybridized carbons (Fsp3) is 0.0455. The Morgan fingerprint density at radius 2 is 1.66 bits per heavy atom. The zero-order valence-electron chi connectivity index (χ0n) is 15.2. The normalized spacial score (nSPS) is 15.6. The van der Waals surface area contributed by atoms with Crippen LogP contribution >= 0.6 is 11.6 Å². The summed E-state index contributed by atoms with van der Waals surface area (Å²) in [7, 11) is 0. The quantitative estimate of drug-likeness (QED) is 0.490. The van der Waals surface area contributed by atoms with Crippen molar-refractivity contribution in [3.63, 3.8) is 0 Å². The zero-order valence-corrected chi connectivity index (χ0v) is 15.9. The van der Waals surface area contributed by atoms with Crippen molar-refractivity contribution in [3.8, 4) is 0 Å². The lowest BCUT2D eigenvalue weighted by Crippen LogP contribution is -2.39. The van der Waals surface area contributed by atoms with Crippen LogP contribution in [0.4, 0.5) is 5.69 Å². The number of nitro groups is 1. The Bertz CT molecular complexity index is 1100. The van der Waals surface area contributed by atoms with Crippen molar-refractivity contribution in [1.29, 1.82) is 0 Å². The SMILES string of the molecule is O=C(c1cc([N+](=O)[O-])ccc1Cl)N1NC(c2ccccc2)=C[C@H]1c1ccccc1. The van der Waals surface area contributed by atoms with E-state index in [1.54, 1.807) is 0 Å². The highest BCUT2D eigenvalue weighted by Gasteiger charge is 2.33. The minimum Gasteiger partial charge on any atom is -0.295 e. The van der Waals surface area contributed by atoms with Gasteiger partial charge in [0, 0.05) is 12.1 Å². The van der Waals surface area contributed by atoms with Gasteiger partial charge in [-0.1, -0.05) is 72.3 Å². The van der Waals surface area contributed by atoms with Crippen molar-refractivity contribution in [2.24, 2.45) is 0 Å². The number of nitrogens with zero attached hydrogens (tertiary/aromatic N) is 2. The second-order valence-electron chi connectivity index (χ2n) is 6.51. The number of benzene rings is 3. The van der Waals surface area contributed by atoms with Crippen LogP contribution < -0.4 is 5.43 Å². The first-order valence-corrected chi connectivity index (χ1v) is 9.29. The second-order valence-corrected chi connectivity index (χ2v) is 6.92. The number of non-ortho nitro benzene ring substituents is 1. The molecule has 1 atom stereocenters. The van der Waals surface area contributed by atoms with E-state index in [-0.39, 0.29) is 16.3 Å². The smallest absolute Gasteiger partial charge is 0.274 e. The molecule has 0 aromatic heterocycles. The summed E-state index contributed by atoms with van der Waals surface area (Å²) in [6, 6.07) is 22.6. The van der Waals surface area contributed by atoms with Crippen molar-refractivity contribution in [3.05, 3.63) is 117 Å². The maximum Gasteiger partial charge on any atom is 0.274 e. The zero-order chi connectivity index (χ0) is 20.4. The van der Waals surface area contributed by atoms with E-state index in [0.29, 0.717) is 0 Å². The highest BCUT2D eigenvalue weighted by Crippen LogP contribution is 2.34. The van der Waals surface area contributed by atoms with Crippen LogP contribution in [0.3, 0.4) is 0 Å². The molecule has 0 spiro atoms. The van der Waals surface area contributed by atoms with E-state index in [2.05, 4.69) is 5.43 Å². The Morgan fingerprint density at radius 3 is 2.31 bits per heavy atom. The lowest BCUT2D eigenvalue weighted by Gasteiger charge is -2.26. The minimum absolute atomic E-state index is 0.0667. The first-order valence-electron chi connectivity index (χ1n) is 8.91. The molecule has 29 heavy (non-hydrogen) atoms. The lowest BCUT2D eigenvalue weighted by atomic mass is 10.0. The fourth-order valence-corrected chi connectivity index (χ4v) is 3.44. The summed E-state index contributed by atoms with van der Waals surface area (Å²) in [6.07, 6.45) is 1.95. The molecule has 144 valence electrons. The predicted molar refractivity (Wildman–Crippen MR) is 111 cm³/mol. The van der Waals surface area contributed by atoms with Crippen LogP contribution in [0.25, 0.3) is 5.70 Å². The molecule has 1 heterocycles. The van der Waals surface area contributed by atoms with Crippen LogP contribution in [0.1, 0.15) is 27.5 Å². The Hall–Kier alpha value is -3.64. The van der Waals surface area contributed by atoms with E-state index in [0.717, 1.165) is 16.8 Å².